The Morgan fingerprint density at radius 1 is 1.44 bits per heavy atom. The zero-order valence-corrected chi connectivity index (χ0v) is 9.36. The Labute approximate surface area is 94.9 Å². The van der Waals surface area contributed by atoms with Crippen molar-refractivity contribution >= 4 is 11.6 Å². The normalized spacial score (nSPS) is 15.9. The van der Waals surface area contributed by atoms with Gasteiger partial charge >= 0.3 is 0 Å². The molecule has 16 heavy (non-hydrogen) atoms. The lowest BCUT2D eigenvalue weighted by molar-refractivity contribution is 0.0735. The highest BCUT2D eigenvalue weighted by Gasteiger charge is 2.18. The van der Waals surface area contributed by atoms with Crippen LogP contribution in [-0.4, -0.2) is 49.0 Å². The maximum absolute atomic E-state index is 12.1. The molecule has 1 amide bonds. The first-order valence-electron chi connectivity index (χ1n) is 5.44. The number of anilines is 1. The van der Waals surface area contributed by atoms with E-state index in [1.165, 1.54) is 0 Å². The number of nitrogens with zero attached hydrogens (tertiary/aromatic N) is 2. The Kier molecular flexibility index (Phi) is 3.36. The molecule has 0 radical (unpaired) electrons. The predicted octanol–water partition coefficient (Wildman–Crippen LogP) is 0.169. The molecule has 2 N–H and O–H groups in total. The van der Waals surface area contributed by atoms with Gasteiger partial charge in [-0.05, 0) is 6.07 Å². The average Bonchev–Trinajstić information content (AvgIpc) is 2.39. The molecule has 5 nitrogen and oxygen atoms in total. The number of amides is 1. The van der Waals surface area contributed by atoms with E-state index in [1.54, 1.807) is 12.4 Å². The van der Waals surface area contributed by atoms with Crippen LogP contribution < -0.4 is 10.6 Å². The minimum Gasteiger partial charge on any atom is -0.387 e. The third-order valence-corrected chi connectivity index (χ3v) is 2.68. The van der Waals surface area contributed by atoms with Crippen molar-refractivity contribution in [2.45, 2.75) is 0 Å². The lowest BCUT2D eigenvalue weighted by atomic mass is 10.2. The van der Waals surface area contributed by atoms with Crippen LogP contribution in [0, 0.1) is 0 Å². The molecule has 0 aromatic carbocycles. The van der Waals surface area contributed by atoms with Crippen LogP contribution in [-0.2, 0) is 0 Å². The van der Waals surface area contributed by atoms with Crippen molar-refractivity contribution in [1.29, 1.82) is 0 Å². The molecular weight excluding hydrogens is 204 g/mol. The molecule has 1 aliphatic heterocycles. The van der Waals surface area contributed by atoms with Crippen LogP contribution in [0.1, 0.15) is 10.4 Å². The number of nitrogens with one attached hydrogen (secondary N) is 2. The quantitative estimate of drug-likeness (QED) is 0.746. The van der Waals surface area contributed by atoms with E-state index >= 15 is 0 Å². The number of hydrogen-bond acceptors (Lipinski definition) is 4. The van der Waals surface area contributed by atoms with Gasteiger partial charge in [-0.1, -0.05) is 0 Å². The maximum Gasteiger partial charge on any atom is 0.255 e. The summed E-state index contributed by atoms with van der Waals surface area (Å²) >= 11 is 0. The smallest absolute Gasteiger partial charge is 0.255 e. The summed E-state index contributed by atoms with van der Waals surface area (Å²) in [5.41, 5.74) is 1.51. The summed E-state index contributed by atoms with van der Waals surface area (Å²) in [6.45, 7) is 3.26. The molecule has 0 aliphatic carbocycles. The van der Waals surface area contributed by atoms with Crippen molar-refractivity contribution in [2.24, 2.45) is 0 Å². The summed E-state index contributed by atoms with van der Waals surface area (Å²) in [6, 6.07) is 1.83. The van der Waals surface area contributed by atoms with Crippen molar-refractivity contribution in [1.82, 2.24) is 15.2 Å². The van der Waals surface area contributed by atoms with Crippen molar-refractivity contribution in [2.75, 3.05) is 38.5 Å². The number of pyridine rings is 1. The zero-order chi connectivity index (χ0) is 11.4. The molecule has 5 heteroatoms. The second-order valence-electron chi connectivity index (χ2n) is 3.75. The van der Waals surface area contributed by atoms with Crippen LogP contribution in [0.2, 0.25) is 0 Å². The number of rotatable bonds is 2. The molecule has 1 saturated heterocycles. The van der Waals surface area contributed by atoms with Crippen molar-refractivity contribution in [3.8, 4) is 0 Å². The van der Waals surface area contributed by atoms with Crippen LogP contribution >= 0.6 is 0 Å². The summed E-state index contributed by atoms with van der Waals surface area (Å²) in [7, 11) is 1.82. The monoisotopic (exact) mass is 220 g/mol. The minimum atomic E-state index is 0.0612. The fraction of sp³-hybridized carbons (Fsp3) is 0.455. The second kappa shape index (κ2) is 4.94. The van der Waals surface area contributed by atoms with Gasteiger partial charge in [0.1, 0.15) is 0 Å². The van der Waals surface area contributed by atoms with Crippen LogP contribution in [0.25, 0.3) is 0 Å². The van der Waals surface area contributed by atoms with Crippen LogP contribution in [0.4, 0.5) is 5.69 Å². The Balaban J connectivity index is 2.12. The number of hydrogen-bond donors (Lipinski definition) is 2. The first-order valence-corrected chi connectivity index (χ1v) is 5.44. The highest BCUT2D eigenvalue weighted by molar-refractivity contribution is 5.94. The fourth-order valence-electron chi connectivity index (χ4n) is 1.74. The van der Waals surface area contributed by atoms with Crippen molar-refractivity contribution in [3.05, 3.63) is 24.0 Å². The van der Waals surface area contributed by atoms with Crippen LogP contribution in [0.3, 0.4) is 0 Å². The Morgan fingerprint density at radius 3 is 2.88 bits per heavy atom. The van der Waals surface area contributed by atoms with E-state index in [0.29, 0.717) is 5.56 Å². The van der Waals surface area contributed by atoms with Crippen LogP contribution in [0.15, 0.2) is 18.5 Å². The highest BCUT2D eigenvalue weighted by Crippen LogP contribution is 2.10. The fourth-order valence-corrected chi connectivity index (χ4v) is 1.74. The van der Waals surface area contributed by atoms with Gasteiger partial charge in [-0.3, -0.25) is 9.78 Å². The highest BCUT2D eigenvalue weighted by atomic mass is 16.2. The SMILES string of the molecule is CNc1cncc(C(=O)N2CCNCC2)c1. The third-order valence-electron chi connectivity index (χ3n) is 2.68. The molecule has 86 valence electrons. The zero-order valence-electron chi connectivity index (χ0n) is 9.36. The Morgan fingerprint density at radius 2 is 2.19 bits per heavy atom. The minimum absolute atomic E-state index is 0.0612. The van der Waals surface area contributed by atoms with E-state index in [2.05, 4.69) is 15.6 Å². The maximum atomic E-state index is 12.1. The summed E-state index contributed by atoms with van der Waals surface area (Å²) in [5.74, 6) is 0.0612. The Bertz CT molecular complexity index is 374. The van der Waals surface area contributed by atoms with Gasteiger partial charge in [-0.25, -0.2) is 0 Å². The van der Waals surface area contributed by atoms with E-state index in [1.807, 2.05) is 18.0 Å². The third kappa shape index (κ3) is 2.30. The molecule has 2 rings (SSSR count). The molecule has 0 spiro atoms. The summed E-state index contributed by atoms with van der Waals surface area (Å²) in [6.07, 6.45) is 3.32. The van der Waals surface area contributed by atoms with Crippen molar-refractivity contribution < 1.29 is 4.79 Å². The van der Waals surface area contributed by atoms with Gasteiger partial charge in [0.25, 0.3) is 5.91 Å². The summed E-state index contributed by atoms with van der Waals surface area (Å²) in [5, 5.41) is 6.20. The molecule has 0 unspecified atom stereocenters. The number of carbonyl (C=O) groups excluding carboxylic acids is 1. The van der Waals surface area contributed by atoms with Gasteiger partial charge < -0.3 is 15.5 Å². The lowest BCUT2D eigenvalue weighted by Crippen LogP contribution is -2.46. The molecule has 0 atom stereocenters. The molecule has 0 bridgehead atoms. The molecule has 1 aliphatic rings. The molecule has 2 heterocycles. The molecule has 1 aromatic heterocycles. The van der Waals surface area contributed by atoms with E-state index in [-0.39, 0.29) is 5.91 Å². The molecular formula is C11H16N4O. The van der Waals surface area contributed by atoms with Crippen molar-refractivity contribution in [3.63, 3.8) is 0 Å². The molecule has 1 aromatic rings. The van der Waals surface area contributed by atoms with Gasteiger partial charge in [0.05, 0.1) is 11.3 Å². The number of piperazine rings is 1. The Hall–Kier alpha value is -1.62. The van der Waals surface area contributed by atoms with Gasteiger partial charge in [0, 0.05) is 45.6 Å². The summed E-state index contributed by atoms with van der Waals surface area (Å²) < 4.78 is 0. The van der Waals surface area contributed by atoms with Gasteiger partial charge in [0.2, 0.25) is 0 Å². The first-order chi connectivity index (χ1) is 7.81. The average molecular weight is 220 g/mol. The lowest BCUT2D eigenvalue weighted by Gasteiger charge is -2.27. The number of aromatic nitrogens is 1. The van der Waals surface area contributed by atoms with Gasteiger partial charge in [-0.2, -0.15) is 0 Å². The second-order valence-corrected chi connectivity index (χ2v) is 3.75. The molecule has 1 fully saturated rings. The first kappa shape index (κ1) is 10.9. The van der Waals surface area contributed by atoms with E-state index in [0.717, 1.165) is 31.9 Å². The van der Waals surface area contributed by atoms with E-state index in [9.17, 15) is 4.79 Å². The van der Waals surface area contributed by atoms with Gasteiger partial charge in [-0.15, -0.1) is 0 Å². The van der Waals surface area contributed by atoms with E-state index < -0.39 is 0 Å². The topological polar surface area (TPSA) is 57.3 Å². The van der Waals surface area contributed by atoms with Crippen LogP contribution in [0.5, 0.6) is 0 Å². The van der Waals surface area contributed by atoms with E-state index in [4.69, 9.17) is 0 Å². The largest absolute Gasteiger partial charge is 0.387 e. The summed E-state index contributed by atoms with van der Waals surface area (Å²) in [4.78, 5) is 18.0. The number of carbonyl (C=O) groups is 1. The predicted molar refractivity (Wildman–Crippen MR) is 62.6 cm³/mol. The molecule has 0 saturated carbocycles. The van der Waals surface area contributed by atoms with Gasteiger partial charge in [0.15, 0.2) is 0 Å². The standard InChI is InChI=1S/C11H16N4O/c1-12-10-6-9(7-14-8-10)11(16)15-4-2-13-3-5-15/h6-8,12-13H,2-5H2,1H3.